The van der Waals surface area contributed by atoms with Gasteiger partial charge < -0.3 is 25.2 Å². The number of methoxy groups -OCH3 is 1. The maximum Gasteiger partial charge on any atom is 0.191 e. The predicted octanol–water partition coefficient (Wildman–Crippen LogP) is 3.43. The van der Waals surface area contributed by atoms with Gasteiger partial charge in [0.2, 0.25) is 0 Å². The summed E-state index contributed by atoms with van der Waals surface area (Å²) in [4.78, 5) is 4.39. The van der Waals surface area contributed by atoms with Crippen molar-refractivity contribution < 1.29 is 23.4 Å². The number of aliphatic imine (C=N–C) groups is 1. The first-order valence-corrected chi connectivity index (χ1v) is 8.49. The summed E-state index contributed by atoms with van der Waals surface area (Å²) in [5, 5.41) is 16.0. The maximum absolute atomic E-state index is 13.5. The van der Waals surface area contributed by atoms with Crippen LogP contribution in [-0.2, 0) is 6.54 Å². The normalized spacial score (nSPS) is 10.8. The number of benzene rings is 2. The Hall–Kier alpha value is -2.30. The molecule has 2 aromatic carbocycles. The minimum atomic E-state index is -0.746. The second-order valence-electron chi connectivity index (χ2n) is 5.54. The van der Waals surface area contributed by atoms with E-state index < -0.39 is 11.6 Å². The van der Waals surface area contributed by atoms with Crippen LogP contribution in [0.4, 0.5) is 8.78 Å². The highest BCUT2D eigenvalue weighted by molar-refractivity contribution is 14.0. The minimum absolute atomic E-state index is 0. The first-order valence-electron chi connectivity index (χ1n) is 8.49. The molecule has 0 fully saturated rings. The van der Waals surface area contributed by atoms with Gasteiger partial charge in [-0.15, -0.1) is 24.0 Å². The van der Waals surface area contributed by atoms with E-state index in [1.54, 1.807) is 25.3 Å². The highest BCUT2D eigenvalue weighted by Gasteiger charge is 2.06. The van der Waals surface area contributed by atoms with E-state index in [9.17, 15) is 13.9 Å². The number of nitrogens with zero attached hydrogens (tertiary/aromatic N) is 1. The number of ether oxygens (including phenoxy) is 2. The average Bonchev–Trinajstić information content (AvgIpc) is 2.65. The molecule has 0 saturated heterocycles. The molecule has 0 amide bonds. The van der Waals surface area contributed by atoms with Gasteiger partial charge in [-0.05, 0) is 37.3 Å². The van der Waals surface area contributed by atoms with E-state index in [1.807, 2.05) is 6.92 Å². The summed E-state index contributed by atoms with van der Waals surface area (Å²) in [6, 6.07) is 8.08. The van der Waals surface area contributed by atoms with Crippen LogP contribution in [0.1, 0.15) is 12.5 Å². The second-order valence-corrected chi connectivity index (χ2v) is 5.54. The quantitative estimate of drug-likeness (QED) is 0.221. The third-order valence-corrected chi connectivity index (χ3v) is 3.58. The van der Waals surface area contributed by atoms with Gasteiger partial charge in [-0.3, -0.25) is 0 Å². The van der Waals surface area contributed by atoms with Gasteiger partial charge in [0.15, 0.2) is 17.5 Å². The number of halogens is 3. The van der Waals surface area contributed by atoms with Gasteiger partial charge >= 0.3 is 0 Å². The van der Waals surface area contributed by atoms with E-state index in [0.717, 1.165) is 12.1 Å². The molecule has 0 radical (unpaired) electrons. The summed E-state index contributed by atoms with van der Waals surface area (Å²) in [5.41, 5.74) is 0.621. The number of hydrogen-bond acceptors (Lipinski definition) is 4. The third-order valence-electron chi connectivity index (χ3n) is 3.58. The topological polar surface area (TPSA) is 75.1 Å². The molecule has 2 aromatic rings. The Bertz CT molecular complexity index is 791. The minimum Gasteiger partial charge on any atom is -0.508 e. The number of guanidine groups is 1. The molecule has 3 N–H and O–H groups in total. The number of rotatable bonds is 8. The molecule has 0 aromatic heterocycles. The molecule has 0 aliphatic rings. The molecule has 0 unspecified atom stereocenters. The fourth-order valence-electron chi connectivity index (χ4n) is 2.24. The molecule has 2 rings (SSSR count). The van der Waals surface area contributed by atoms with Crippen molar-refractivity contribution in [2.75, 3.05) is 26.8 Å². The van der Waals surface area contributed by atoms with Crippen LogP contribution in [0.25, 0.3) is 0 Å². The zero-order valence-electron chi connectivity index (χ0n) is 15.7. The second kappa shape index (κ2) is 12.2. The van der Waals surface area contributed by atoms with Crippen LogP contribution >= 0.6 is 24.0 Å². The van der Waals surface area contributed by atoms with Gasteiger partial charge in [0.05, 0.1) is 20.2 Å². The smallest absolute Gasteiger partial charge is 0.191 e. The lowest BCUT2D eigenvalue weighted by Gasteiger charge is -2.13. The first-order chi connectivity index (χ1) is 13.0. The van der Waals surface area contributed by atoms with Crippen molar-refractivity contribution >= 4 is 29.9 Å². The maximum atomic E-state index is 13.5. The van der Waals surface area contributed by atoms with Crippen LogP contribution < -0.4 is 20.1 Å². The van der Waals surface area contributed by atoms with Gasteiger partial charge in [-0.1, -0.05) is 0 Å². The fraction of sp³-hybridized carbons (Fsp3) is 0.316. The number of phenolic OH excluding ortho intramolecular Hbond substituents is 1. The molecule has 0 heterocycles. The largest absolute Gasteiger partial charge is 0.508 e. The number of nitrogens with one attached hydrogen (secondary N) is 2. The molecule has 0 spiro atoms. The standard InChI is InChI=1S/C19H23F2N3O3.HI/c1-3-22-19(24-12-13-10-15(26-2)5-6-17(13)25)23-8-9-27-18-7-4-14(20)11-16(18)21;/h4-7,10-11,25H,3,8-9,12H2,1-2H3,(H2,22,23,24);1H. The zero-order chi connectivity index (χ0) is 19.6. The predicted molar refractivity (Wildman–Crippen MR) is 115 cm³/mol. The highest BCUT2D eigenvalue weighted by Crippen LogP contribution is 2.23. The monoisotopic (exact) mass is 507 g/mol. The van der Waals surface area contributed by atoms with Crippen molar-refractivity contribution in [3.05, 3.63) is 53.6 Å². The Balaban J connectivity index is 0.00000392. The molecular weight excluding hydrogens is 483 g/mol. The summed E-state index contributed by atoms with van der Waals surface area (Å²) < 4.78 is 36.8. The summed E-state index contributed by atoms with van der Waals surface area (Å²) in [6.45, 7) is 3.32. The lowest BCUT2D eigenvalue weighted by molar-refractivity contribution is 0.304. The Morgan fingerprint density at radius 2 is 1.93 bits per heavy atom. The van der Waals surface area contributed by atoms with Crippen molar-refractivity contribution in [3.63, 3.8) is 0 Å². The molecular formula is C19H24F2IN3O3. The van der Waals surface area contributed by atoms with Crippen molar-refractivity contribution in [1.82, 2.24) is 10.6 Å². The summed E-state index contributed by atoms with van der Waals surface area (Å²) in [5.74, 6) is -0.134. The van der Waals surface area contributed by atoms with E-state index in [1.165, 1.54) is 6.07 Å². The van der Waals surface area contributed by atoms with Crippen LogP contribution in [0.15, 0.2) is 41.4 Å². The molecule has 28 heavy (non-hydrogen) atoms. The van der Waals surface area contributed by atoms with Crippen LogP contribution in [0.3, 0.4) is 0 Å². The van der Waals surface area contributed by atoms with E-state index in [-0.39, 0.29) is 48.6 Å². The van der Waals surface area contributed by atoms with Gasteiger partial charge in [-0.25, -0.2) is 13.8 Å². The van der Waals surface area contributed by atoms with Crippen LogP contribution in [-0.4, -0.2) is 37.9 Å². The highest BCUT2D eigenvalue weighted by atomic mass is 127. The van der Waals surface area contributed by atoms with Crippen molar-refractivity contribution in [2.45, 2.75) is 13.5 Å². The zero-order valence-corrected chi connectivity index (χ0v) is 18.0. The lowest BCUT2D eigenvalue weighted by Crippen LogP contribution is -2.39. The van der Waals surface area contributed by atoms with Crippen molar-refractivity contribution in [1.29, 1.82) is 0 Å². The van der Waals surface area contributed by atoms with E-state index in [2.05, 4.69) is 15.6 Å². The molecule has 154 valence electrons. The van der Waals surface area contributed by atoms with E-state index >= 15 is 0 Å². The number of phenols is 1. The average molecular weight is 507 g/mol. The van der Waals surface area contributed by atoms with Crippen LogP contribution in [0, 0.1) is 11.6 Å². The van der Waals surface area contributed by atoms with Gasteiger partial charge in [-0.2, -0.15) is 0 Å². The van der Waals surface area contributed by atoms with Crippen molar-refractivity contribution in [3.8, 4) is 17.2 Å². The number of aromatic hydroxyl groups is 1. The van der Waals surface area contributed by atoms with Gasteiger partial charge in [0, 0.05) is 18.2 Å². The molecule has 6 nitrogen and oxygen atoms in total. The molecule has 0 atom stereocenters. The number of hydrogen-bond donors (Lipinski definition) is 3. The first kappa shape index (κ1) is 23.7. The Labute approximate surface area is 180 Å². The summed E-state index contributed by atoms with van der Waals surface area (Å²) in [7, 11) is 1.55. The van der Waals surface area contributed by atoms with Gasteiger partial charge in [0.25, 0.3) is 0 Å². The van der Waals surface area contributed by atoms with E-state index in [0.29, 0.717) is 30.4 Å². The molecule has 0 aliphatic carbocycles. The Morgan fingerprint density at radius 1 is 1.14 bits per heavy atom. The SMILES string of the molecule is CCNC(=NCc1cc(OC)ccc1O)NCCOc1ccc(F)cc1F.I. The fourth-order valence-corrected chi connectivity index (χ4v) is 2.24. The van der Waals surface area contributed by atoms with Crippen LogP contribution in [0.5, 0.6) is 17.2 Å². The molecule has 0 saturated carbocycles. The molecule has 9 heteroatoms. The summed E-state index contributed by atoms with van der Waals surface area (Å²) >= 11 is 0. The third kappa shape index (κ3) is 7.37. The van der Waals surface area contributed by atoms with Crippen molar-refractivity contribution in [2.24, 2.45) is 4.99 Å². The lowest BCUT2D eigenvalue weighted by atomic mass is 10.2. The Morgan fingerprint density at radius 3 is 2.61 bits per heavy atom. The summed E-state index contributed by atoms with van der Waals surface area (Å²) in [6.07, 6.45) is 0. The van der Waals surface area contributed by atoms with E-state index in [4.69, 9.17) is 9.47 Å². The van der Waals surface area contributed by atoms with Crippen LogP contribution in [0.2, 0.25) is 0 Å². The molecule has 0 aliphatic heterocycles. The van der Waals surface area contributed by atoms with Gasteiger partial charge in [0.1, 0.15) is 23.9 Å². The Kier molecular flexibility index (Phi) is 10.4. The molecule has 0 bridgehead atoms.